The Morgan fingerprint density at radius 3 is 2.54 bits per heavy atom. The van der Waals surface area contributed by atoms with Crippen LogP contribution in [-0.4, -0.2) is 74.1 Å². The molecule has 3 fully saturated rings. The van der Waals surface area contributed by atoms with Crippen molar-refractivity contribution in [2.24, 2.45) is 16.8 Å². The quantitative estimate of drug-likeness (QED) is 0.466. The number of ether oxygens (including phenoxy) is 1. The van der Waals surface area contributed by atoms with E-state index in [4.69, 9.17) is 4.74 Å². The topological polar surface area (TPSA) is 57.2 Å². The van der Waals surface area contributed by atoms with Gasteiger partial charge in [0.05, 0.1) is 12.5 Å². The van der Waals surface area contributed by atoms with Crippen molar-refractivity contribution in [3.05, 3.63) is 0 Å². The molecule has 0 aromatic carbocycles. The van der Waals surface area contributed by atoms with E-state index in [9.17, 15) is 4.79 Å². The number of nitrogens with zero attached hydrogens (tertiary/aromatic N) is 3. The van der Waals surface area contributed by atoms with Crippen LogP contribution in [0.15, 0.2) is 4.99 Å². The lowest BCUT2D eigenvalue weighted by molar-refractivity contribution is -0.149. The molecule has 3 aliphatic rings. The summed E-state index contributed by atoms with van der Waals surface area (Å²) in [7, 11) is 1.85. The van der Waals surface area contributed by atoms with Crippen LogP contribution in [0.5, 0.6) is 0 Å². The number of likely N-dealkylation sites (tertiary alicyclic amines) is 2. The van der Waals surface area contributed by atoms with E-state index >= 15 is 0 Å². The van der Waals surface area contributed by atoms with Gasteiger partial charge in [0.2, 0.25) is 0 Å². The number of carbonyl (C=O) groups excluding carboxylic acids is 1. The fraction of sp³-hybridized carbons (Fsp3) is 0.889. The molecule has 0 aromatic rings. The van der Waals surface area contributed by atoms with Gasteiger partial charge in [0, 0.05) is 39.3 Å². The van der Waals surface area contributed by atoms with Crippen molar-refractivity contribution in [1.82, 2.24) is 15.1 Å². The predicted octanol–water partition coefficient (Wildman–Crippen LogP) is 1.32. The van der Waals surface area contributed by atoms with Gasteiger partial charge in [0.25, 0.3) is 0 Å². The van der Waals surface area contributed by atoms with Crippen LogP contribution in [0.4, 0.5) is 0 Å². The van der Waals surface area contributed by atoms with Gasteiger partial charge in [-0.2, -0.15) is 0 Å². The molecule has 0 bridgehead atoms. The Bertz CT molecular complexity index is 456. The smallest absolute Gasteiger partial charge is 0.309 e. The molecule has 0 aromatic heterocycles. The van der Waals surface area contributed by atoms with Crippen molar-refractivity contribution in [1.29, 1.82) is 0 Å². The van der Waals surface area contributed by atoms with Gasteiger partial charge in [-0.1, -0.05) is 0 Å². The Balaban J connectivity index is 1.40. The second-order valence-corrected chi connectivity index (χ2v) is 7.32. The highest BCUT2D eigenvalue weighted by atomic mass is 16.5. The van der Waals surface area contributed by atoms with E-state index in [0.717, 1.165) is 50.4 Å². The Hall–Kier alpha value is -1.30. The summed E-state index contributed by atoms with van der Waals surface area (Å²) in [6.07, 6.45) is 5.82. The average Bonchev–Trinajstić information content (AvgIpc) is 3.35. The lowest BCUT2D eigenvalue weighted by Gasteiger charge is -2.33. The third kappa shape index (κ3) is 4.41. The van der Waals surface area contributed by atoms with Crippen molar-refractivity contribution in [2.45, 2.75) is 45.1 Å². The fourth-order valence-electron chi connectivity index (χ4n) is 3.96. The normalized spacial score (nSPS) is 26.7. The number of guanidine groups is 1. The highest BCUT2D eigenvalue weighted by Crippen LogP contribution is 2.31. The van der Waals surface area contributed by atoms with Crippen LogP contribution < -0.4 is 5.32 Å². The summed E-state index contributed by atoms with van der Waals surface area (Å²) in [5, 5.41) is 3.56. The second kappa shape index (κ2) is 8.19. The van der Waals surface area contributed by atoms with Crippen molar-refractivity contribution in [2.75, 3.05) is 46.4 Å². The first-order chi connectivity index (χ1) is 11.7. The predicted molar refractivity (Wildman–Crippen MR) is 95.0 cm³/mol. The minimum atomic E-state index is -0.0359. The third-order valence-electron chi connectivity index (χ3n) is 5.56. The van der Waals surface area contributed by atoms with Crippen molar-refractivity contribution >= 4 is 11.9 Å². The van der Waals surface area contributed by atoms with Crippen LogP contribution in [0.1, 0.15) is 39.0 Å². The zero-order valence-electron chi connectivity index (χ0n) is 15.2. The number of piperidine rings is 1. The second-order valence-electron chi connectivity index (χ2n) is 7.32. The first-order valence-corrected chi connectivity index (χ1v) is 9.57. The molecule has 0 amide bonds. The molecule has 6 heteroatoms. The molecule has 24 heavy (non-hydrogen) atoms. The molecule has 1 N–H and O–H groups in total. The third-order valence-corrected chi connectivity index (χ3v) is 5.56. The molecule has 1 atom stereocenters. The standard InChI is InChI=1S/C18H32N4O2/c1-3-24-17(23)15-7-10-21(11-8-15)18(19-2)20-12-14-6-9-22(13-14)16-4-5-16/h14-16H,3-13H2,1-2H3,(H,19,20). The number of esters is 1. The van der Waals surface area contributed by atoms with Gasteiger partial charge in [-0.25, -0.2) is 0 Å². The molecular formula is C18H32N4O2. The van der Waals surface area contributed by atoms with E-state index in [1.54, 1.807) is 0 Å². The van der Waals surface area contributed by atoms with Gasteiger partial charge < -0.3 is 19.9 Å². The number of rotatable bonds is 5. The summed E-state index contributed by atoms with van der Waals surface area (Å²) in [5.74, 6) is 1.74. The van der Waals surface area contributed by atoms with E-state index in [0.29, 0.717) is 6.61 Å². The first kappa shape index (κ1) is 17.5. The highest BCUT2D eigenvalue weighted by Gasteiger charge is 2.34. The number of nitrogens with one attached hydrogen (secondary N) is 1. The van der Waals surface area contributed by atoms with Crippen LogP contribution >= 0.6 is 0 Å². The summed E-state index contributed by atoms with van der Waals surface area (Å²) < 4.78 is 5.14. The van der Waals surface area contributed by atoms with E-state index in [1.807, 2.05) is 14.0 Å². The maximum atomic E-state index is 11.8. The van der Waals surface area contributed by atoms with Gasteiger partial charge in [-0.05, 0) is 51.5 Å². The van der Waals surface area contributed by atoms with E-state index in [-0.39, 0.29) is 11.9 Å². The Morgan fingerprint density at radius 1 is 1.17 bits per heavy atom. The zero-order valence-corrected chi connectivity index (χ0v) is 15.2. The summed E-state index contributed by atoms with van der Waals surface area (Å²) in [4.78, 5) is 21.2. The molecule has 136 valence electrons. The van der Waals surface area contributed by atoms with E-state index < -0.39 is 0 Å². The lowest BCUT2D eigenvalue weighted by atomic mass is 9.97. The summed E-state index contributed by atoms with van der Waals surface area (Å²) in [6, 6.07) is 0.885. The Kier molecular flexibility index (Phi) is 5.98. The minimum absolute atomic E-state index is 0.0359. The molecular weight excluding hydrogens is 304 g/mol. The molecule has 2 saturated heterocycles. The summed E-state index contributed by atoms with van der Waals surface area (Å²) in [6.45, 7) is 7.60. The molecule has 6 nitrogen and oxygen atoms in total. The number of carbonyl (C=O) groups is 1. The average molecular weight is 336 g/mol. The number of hydrogen-bond acceptors (Lipinski definition) is 4. The molecule has 1 aliphatic carbocycles. The Morgan fingerprint density at radius 2 is 1.92 bits per heavy atom. The first-order valence-electron chi connectivity index (χ1n) is 9.57. The van der Waals surface area contributed by atoms with Crippen LogP contribution in [0.2, 0.25) is 0 Å². The van der Waals surface area contributed by atoms with Gasteiger partial charge in [-0.3, -0.25) is 9.79 Å². The van der Waals surface area contributed by atoms with Crippen molar-refractivity contribution < 1.29 is 9.53 Å². The molecule has 0 radical (unpaired) electrons. The van der Waals surface area contributed by atoms with Crippen LogP contribution in [0.3, 0.4) is 0 Å². The maximum absolute atomic E-state index is 11.8. The zero-order chi connectivity index (χ0) is 16.9. The molecule has 2 aliphatic heterocycles. The lowest BCUT2D eigenvalue weighted by Crippen LogP contribution is -2.47. The van der Waals surface area contributed by atoms with Crippen LogP contribution in [-0.2, 0) is 9.53 Å². The van der Waals surface area contributed by atoms with E-state index in [1.165, 1.54) is 32.4 Å². The summed E-state index contributed by atoms with van der Waals surface area (Å²) in [5.41, 5.74) is 0. The minimum Gasteiger partial charge on any atom is -0.466 e. The maximum Gasteiger partial charge on any atom is 0.309 e. The van der Waals surface area contributed by atoms with Gasteiger partial charge >= 0.3 is 5.97 Å². The number of aliphatic imine (C=N–C) groups is 1. The fourth-order valence-corrected chi connectivity index (χ4v) is 3.96. The van der Waals surface area contributed by atoms with Crippen molar-refractivity contribution in [3.63, 3.8) is 0 Å². The van der Waals surface area contributed by atoms with Gasteiger partial charge in [0.15, 0.2) is 5.96 Å². The Labute approximate surface area is 145 Å². The van der Waals surface area contributed by atoms with Crippen LogP contribution in [0, 0.1) is 11.8 Å². The highest BCUT2D eigenvalue weighted by molar-refractivity contribution is 5.80. The largest absolute Gasteiger partial charge is 0.466 e. The van der Waals surface area contributed by atoms with Crippen LogP contribution in [0.25, 0.3) is 0 Å². The van der Waals surface area contributed by atoms with Gasteiger partial charge in [-0.15, -0.1) is 0 Å². The molecule has 2 heterocycles. The van der Waals surface area contributed by atoms with Gasteiger partial charge in [0.1, 0.15) is 0 Å². The van der Waals surface area contributed by atoms with Crippen molar-refractivity contribution in [3.8, 4) is 0 Å². The number of hydrogen-bond donors (Lipinski definition) is 1. The SMILES string of the molecule is CCOC(=O)C1CCN(C(=NC)NCC2CCN(C3CC3)C2)CC1. The monoisotopic (exact) mass is 336 g/mol. The van der Waals surface area contributed by atoms with E-state index in [2.05, 4.69) is 20.1 Å². The molecule has 1 unspecified atom stereocenters. The molecule has 3 rings (SSSR count). The molecule has 1 saturated carbocycles. The summed E-state index contributed by atoms with van der Waals surface area (Å²) >= 11 is 0. The molecule has 0 spiro atoms.